The van der Waals surface area contributed by atoms with Crippen LogP contribution in [-0.2, 0) is 0 Å². The Labute approximate surface area is 75.6 Å². The standard InChI is InChI=1S/C11H19N/c1-4-9(3)8-11-10(5-2)6-7-12-11/h8,10H,4-7H2,1-3H3/b9-8+. The van der Waals surface area contributed by atoms with E-state index in [0.717, 1.165) is 18.9 Å². The number of hydrogen-bond donors (Lipinski definition) is 0. The van der Waals surface area contributed by atoms with Crippen LogP contribution >= 0.6 is 0 Å². The zero-order valence-electron chi connectivity index (χ0n) is 8.43. The maximum atomic E-state index is 4.52. The molecular formula is C11H19N. The predicted molar refractivity (Wildman–Crippen MR) is 54.7 cm³/mol. The molecule has 0 N–H and O–H groups in total. The van der Waals surface area contributed by atoms with Crippen molar-refractivity contribution in [2.24, 2.45) is 10.9 Å². The SMILES string of the molecule is CC/C(C)=C/C1=NCCC1CC. The zero-order chi connectivity index (χ0) is 8.97. The van der Waals surface area contributed by atoms with Crippen molar-refractivity contribution < 1.29 is 0 Å². The van der Waals surface area contributed by atoms with Crippen molar-refractivity contribution in [1.82, 2.24) is 0 Å². The molecule has 0 radical (unpaired) electrons. The highest BCUT2D eigenvalue weighted by Crippen LogP contribution is 2.19. The Bertz CT molecular complexity index is 201. The minimum atomic E-state index is 0.742. The lowest BCUT2D eigenvalue weighted by Gasteiger charge is -2.06. The molecule has 0 aromatic rings. The van der Waals surface area contributed by atoms with Gasteiger partial charge in [0, 0.05) is 18.2 Å². The topological polar surface area (TPSA) is 12.4 Å². The molecule has 0 aliphatic carbocycles. The Morgan fingerprint density at radius 3 is 2.92 bits per heavy atom. The van der Waals surface area contributed by atoms with Crippen molar-refractivity contribution >= 4 is 5.71 Å². The molecule has 0 spiro atoms. The molecule has 1 aliphatic heterocycles. The first-order valence-electron chi connectivity index (χ1n) is 4.99. The van der Waals surface area contributed by atoms with Crippen LogP contribution in [0.1, 0.15) is 40.0 Å². The van der Waals surface area contributed by atoms with Crippen molar-refractivity contribution in [1.29, 1.82) is 0 Å². The fourth-order valence-electron chi connectivity index (χ4n) is 1.56. The second-order valence-corrected chi connectivity index (χ2v) is 3.54. The number of rotatable bonds is 3. The summed E-state index contributed by atoms with van der Waals surface area (Å²) in [6, 6.07) is 0. The van der Waals surface area contributed by atoms with Gasteiger partial charge in [0.05, 0.1) is 0 Å². The largest absolute Gasteiger partial charge is 0.289 e. The molecule has 0 bridgehead atoms. The molecule has 1 heteroatoms. The third-order valence-corrected chi connectivity index (χ3v) is 2.63. The second-order valence-electron chi connectivity index (χ2n) is 3.54. The minimum absolute atomic E-state index is 0.742. The molecule has 1 aliphatic rings. The lowest BCUT2D eigenvalue weighted by molar-refractivity contribution is 0.657. The first-order chi connectivity index (χ1) is 5.77. The highest BCUT2D eigenvalue weighted by Gasteiger charge is 2.16. The van der Waals surface area contributed by atoms with Gasteiger partial charge >= 0.3 is 0 Å². The Hall–Kier alpha value is -0.590. The van der Waals surface area contributed by atoms with E-state index in [1.165, 1.54) is 24.1 Å². The first-order valence-corrected chi connectivity index (χ1v) is 4.99. The molecule has 0 amide bonds. The maximum absolute atomic E-state index is 4.52. The van der Waals surface area contributed by atoms with Gasteiger partial charge in [-0.15, -0.1) is 0 Å². The van der Waals surface area contributed by atoms with E-state index in [0.29, 0.717) is 0 Å². The molecule has 1 heterocycles. The van der Waals surface area contributed by atoms with E-state index in [9.17, 15) is 0 Å². The third-order valence-electron chi connectivity index (χ3n) is 2.63. The van der Waals surface area contributed by atoms with E-state index in [1.807, 2.05) is 0 Å². The number of allylic oxidation sites excluding steroid dienone is 2. The van der Waals surface area contributed by atoms with Crippen LogP contribution in [0.3, 0.4) is 0 Å². The summed E-state index contributed by atoms with van der Waals surface area (Å²) in [5.74, 6) is 0.742. The molecule has 0 aromatic carbocycles. The van der Waals surface area contributed by atoms with Crippen LogP contribution in [0.5, 0.6) is 0 Å². The van der Waals surface area contributed by atoms with Crippen molar-refractivity contribution in [2.45, 2.75) is 40.0 Å². The molecule has 0 saturated heterocycles. The fraction of sp³-hybridized carbons (Fsp3) is 0.727. The normalized spacial score (nSPS) is 24.4. The van der Waals surface area contributed by atoms with Crippen molar-refractivity contribution in [2.75, 3.05) is 6.54 Å². The summed E-state index contributed by atoms with van der Waals surface area (Å²) in [5, 5.41) is 0. The van der Waals surface area contributed by atoms with E-state index < -0.39 is 0 Å². The van der Waals surface area contributed by atoms with Gasteiger partial charge in [-0.05, 0) is 32.3 Å². The van der Waals surface area contributed by atoms with Crippen LogP contribution in [0, 0.1) is 5.92 Å². The summed E-state index contributed by atoms with van der Waals surface area (Å²) in [5.41, 5.74) is 2.80. The van der Waals surface area contributed by atoms with Crippen LogP contribution in [0.15, 0.2) is 16.6 Å². The smallest absolute Gasteiger partial charge is 0.0399 e. The summed E-state index contributed by atoms with van der Waals surface area (Å²) in [6.07, 6.45) is 5.93. The van der Waals surface area contributed by atoms with E-state index in [2.05, 4.69) is 31.8 Å². The molecular weight excluding hydrogens is 146 g/mol. The number of hydrogen-bond acceptors (Lipinski definition) is 1. The molecule has 0 saturated carbocycles. The number of nitrogens with zero attached hydrogens (tertiary/aromatic N) is 1. The van der Waals surface area contributed by atoms with Crippen molar-refractivity contribution in [3.8, 4) is 0 Å². The van der Waals surface area contributed by atoms with Crippen LogP contribution in [0.25, 0.3) is 0 Å². The van der Waals surface area contributed by atoms with E-state index in [-0.39, 0.29) is 0 Å². The Kier molecular flexibility index (Phi) is 3.51. The molecule has 1 atom stereocenters. The maximum Gasteiger partial charge on any atom is 0.0399 e. The van der Waals surface area contributed by atoms with Crippen LogP contribution < -0.4 is 0 Å². The number of aliphatic imine (C=N–C) groups is 1. The zero-order valence-corrected chi connectivity index (χ0v) is 8.43. The molecule has 1 rings (SSSR count). The summed E-state index contributed by atoms with van der Waals surface area (Å²) in [7, 11) is 0. The fourth-order valence-corrected chi connectivity index (χ4v) is 1.56. The van der Waals surface area contributed by atoms with Gasteiger partial charge in [0.25, 0.3) is 0 Å². The van der Waals surface area contributed by atoms with Gasteiger partial charge < -0.3 is 0 Å². The first kappa shape index (κ1) is 9.50. The van der Waals surface area contributed by atoms with Crippen molar-refractivity contribution in [3.05, 3.63) is 11.6 Å². The third kappa shape index (κ3) is 2.20. The molecule has 68 valence electrons. The molecule has 1 nitrogen and oxygen atoms in total. The van der Waals surface area contributed by atoms with Gasteiger partial charge in [-0.1, -0.05) is 19.4 Å². The predicted octanol–water partition coefficient (Wildman–Crippen LogP) is 3.21. The van der Waals surface area contributed by atoms with Gasteiger partial charge in [0.2, 0.25) is 0 Å². The summed E-state index contributed by atoms with van der Waals surface area (Å²) in [6.45, 7) is 7.68. The minimum Gasteiger partial charge on any atom is -0.289 e. The summed E-state index contributed by atoms with van der Waals surface area (Å²) >= 11 is 0. The average molecular weight is 165 g/mol. The van der Waals surface area contributed by atoms with Gasteiger partial charge in [0.1, 0.15) is 0 Å². The Morgan fingerprint density at radius 2 is 2.33 bits per heavy atom. The second kappa shape index (κ2) is 4.44. The lowest BCUT2D eigenvalue weighted by Crippen LogP contribution is -2.05. The van der Waals surface area contributed by atoms with Crippen LogP contribution in [0.4, 0.5) is 0 Å². The van der Waals surface area contributed by atoms with Gasteiger partial charge in [0.15, 0.2) is 0 Å². The van der Waals surface area contributed by atoms with Gasteiger partial charge in [-0.25, -0.2) is 0 Å². The van der Waals surface area contributed by atoms with Crippen LogP contribution in [-0.4, -0.2) is 12.3 Å². The molecule has 1 unspecified atom stereocenters. The summed E-state index contributed by atoms with van der Waals surface area (Å²) < 4.78 is 0. The van der Waals surface area contributed by atoms with E-state index >= 15 is 0 Å². The quantitative estimate of drug-likeness (QED) is 0.609. The van der Waals surface area contributed by atoms with Gasteiger partial charge in [-0.3, -0.25) is 4.99 Å². The van der Waals surface area contributed by atoms with Gasteiger partial charge in [-0.2, -0.15) is 0 Å². The lowest BCUT2D eigenvalue weighted by atomic mass is 9.97. The Morgan fingerprint density at radius 1 is 1.58 bits per heavy atom. The molecule has 12 heavy (non-hydrogen) atoms. The van der Waals surface area contributed by atoms with Crippen LogP contribution in [0.2, 0.25) is 0 Å². The molecule has 0 aromatic heterocycles. The Balaban J connectivity index is 2.62. The summed E-state index contributed by atoms with van der Waals surface area (Å²) in [4.78, 5) is 4.52. The highest BCUT2D eigenvalue weighted by atomic mass is 14.8. The van der Waals surface area contributed by atoms with E-state index in [4.69, 9.17) is 0 Å². The van der Waals surface area contributed by atoms with Crippen molar-refractivity contribution in [3.63, 3.8) is 0 Å². The highest BCUT2D eigenvalue weighted by molar-refractivity contribution is 5.98. The average Bonchev–Trinajstić information content (AvgIpc) is 2.51. The molecule has 0 fully saturated rings. The monoisotopic (exact) mass is 165 g/mol. The van der Waals surface area contributed by atoms with E-state index in [1.54, 1.807) is 0 Å².